The minimum Gasteiger partial charge on any atom is -0.480 e. The Labute approximate surface area is 106 Å². The summed E-state index contributed by atoms with van der Waals surface area (Å²) in [7, 11) is 3.53. The summed E-state index contributed by atoms with van der Waals surface area (Å²) in [6.45, 7) is 5.71. The molecule has 17 heavy (non-hydrogen) atoms. The van der Waals surface area contributed by atoms with E-state index in [4.69, 9.17) is 0 Å². The number of allylic oxidation sites excluding steroid dienone is 1. The molecule has 1 atom stereocenters. The molecule has 0 aliphatic heterocycles. The Hall–Kier alpha value is -1.39. The van der Waals surface area contributed by atoms with Crippen molar-refractivity contribution in [3.63, 3.8) is 0 Å². The van der Waals surface area contributed by atoms with Crippen molar-refractivity contribution in [1.29, 1.82) is 0 Å². The van der Waals surface area contributed by atoms with Crippen LogP contribution in [0.25, 0.3) is 12.2 Å². The van der Waals surface area contributed by atoms with Crippen molar-refractivity contribution in [1.82, 2.24) is 4.90 Å². The molecule has 0 aromatic carbocycles. The molecule has 4 heteroatoms. The topological polar surface area (TPSA) is 40.5 Å². The van der Waals surface area contributed by atoms with Crippen LogP contribution in [0.4, 0.5) is 0 Å². The fourth-order valence-electron chi connectivity index (χ4n) is 1.74. The number of carboxylic acid groups (broad SMARTS) is 1. The van der Waals surface area contributed by atoms with Gasteiger partial charge in [-0.2, -0.15) is 0 Å². The number of thiophene rings is 1. The van der Waals surface area contributed by atoms with Crippen LogP contribution in [0.2, 0.25) is 0 Å². The minimum absolute atomic E-state index is 0.627. The van der Waals surface area contributed by atoms with Crippen LogP contribution in [0.15, 0.2) is 18.0 Å². The normalized spacial score (nSPS) is 13.2. The molecule has 3 nitrogen and oxygen atoms in total. The van der Waals surface area contributed by atoms with E-state index in [2.05, 4.69) is 6.58 Å². The first-order valence-corrected chi connectivity index (χ1v) is 6.16. The largest absolute Gasteiger partial charge is 0.480 e. The van der Waals surface area contributed by atoms with Gasteiger partial charge in [-0.3, -0.25) is 9.69 Å². The average Bonchev–Trinajstić information content (AvgIpc) is 2.60. The van der Waals surface area contributed by atoms with Gasteiger partial charge in [0.05, 0.1) is 0 Å². The highest BCUT2D eigenvalue weighted by molar-refractivity contribution is 7.11. The molecule has 0 fully saturated rings. The van der Waals surface area contributed by atoms with Gasteiger partial charge in [0, 0.05) is 4.88 Å². The van der Waals surface area contributed by atoms with Crippen molar-refractivity contribution in [2.24, 2.45) is 0 Å². The quantitative estimate of drug-likeness (QED) is 0.874. The van der Waals surface area contributed by atoms with Gasteiger partial charge < -0.3 is 5.11 Å². The summed E-state index contributed by atoms with van der Waals surface area (Å²) in [6.07, 6.45) is 5.63. The number of carbonyl (C=O) groups is 1. The summed E-state index contributed by atoms with van der Waals surface area (Å²) in [5, 5.41) is 11.2. The highest BCUT2D eigenvalue weighted by Gasteiger charge is 2.26. The Balaban J connectivity index is 3.29. The highest BCUT2D eigenvalue weighted by Crippen LogP contribution is 2.32. The first kappa shape index (κ1) is 13.7. The van der Waals surface area contributed by atoms with Gasteiger partial charge in [0.2, 0.25) is 0 Å². The summed E-state index contributed by atoms with van der Waals surface area (Å²) in [6, 6.07) is -0.627. The first-order chi connectivity index (χ1) is 8.02. The average molecular weight is 251 g/mol. The van der Waals surface area contributed by atoms with Crippen molar-refractivity contribution in [2.75, 3.05) is 14.1 Å². The van der Waals surface area contributed by atoms with Gasteiger partial charge in [-0.15, -0.1) is 11.3 Å². The lowest BCUT2D eigenvalue weighted by atomic mass is 10.0. The number of aliphatic carboxylic acids is 1. The molecular weight excluding hydrogens is 234 g/mol. The zero-order valence-electron chi connectivity index (χ0n) is 10.3. The van der Waals surface area contributed by atoms with Crippen molar-refractivity contribution in [3.05, 3.63) is 34.0 Å². The molecule has 1 rings (SSSR count). The molecule has 0 saturated carbocycles. The molecule has 1 aromatic heterocycles. The van der Waals surface area contributed by atoms with Crippen molar-refractivity contribution < 1.29 is 9.90 Å². The van der Waals surface area contributed by atoms with Crippen molar-refractivity contribution in [3.8, 4) is 0 Å². The Morgan fingerprint density at radius 3 is 2.65 bits per heavy atom. The maximum Gasteiger partial charge on any atom is 0.325 e. The van der Waals surface area contributed by atoms with Crippen molar-refractivity contribution in [2.45, 2.75) is 13.0 Å². The van der Waals surface area contributed by atoms with E-state index in [1.165, 1.54) is 0 Å². The number of hydrogen-bond acceptors (Lipinski definition) is 3. The standard InChI is InChI=1S/C13H17NO2S/c1-5-7-11-9(6-2)10(8-17-11)12(13(15)16)14(3)4/h5-8,12H,2H2,1,3-4H3,(H,15,16). The molecule has 0 aliphatic carbocycles. The Morgan fingerprint density at radius 2 is 2.24 bits per heavy atom. The number of hydrogen-bond donors (Lipinski definition) is 1. The molecule has 0 saturated heterocycles. The van der Waals surface area contributed by atoms with E-state index >= 15 is 0 Å². The molecule has 0 bridgehead atoms. The van der Waals surface area contributed by atoms with Crippen LogP contribution < -0.4 is 0 Å². The van der Waals surface area contributed by atoms with Crippen LogP contribution in [0, 0.1) is 0 Å². The molecule has 0 amide bonds. The summed E-state index contributed by atoms with van der Waals surface area (Å²) in [5.41, 5.74) is 1.71. The Morgan fingerprint density at radius 1 is 1.59 bits per heavy atom. The van der Waals surface area contributed by atoms with E-state index < -0.39 is 12.0 Å². The molecule has 1 aromatic rings. The second kappa shape index (κ2) is 5.80. The van der Waals surface area contributed by atoms with Crippen LogP contribution in [0.5, 0.6) is 0 Å². The number of nitrogens with zero attached hydrogens (tertiary/aromatic N) is 1. The van der Waals surface area contributed by atoms with Crippen molar-refractivity contribution >= 4 is 29.5 Å². The maximum atomic E-state index is 11.3. The van der Waals surface area contributed by atoms with Gasteiger partial charge in [-0.1, -0.05) is 18.7 Å². The van der Waals surface area contributed by atoms with Gasteiger partial charge in [-0.05, 0) is 43.6 Å². The zero-order chi connectivity index (χ0) is 13.0. The van der Waals surface area contributed by atoms with E-state index in [1.54, 1.807) is 36.4 Å². The summed E-state index contributed by atoms with van der Waals surface area (Å²) in [5.74, 6) is -0.845. The number of carboxylic acids is 1. The summed E-state index contributed by atoms with van der Waals surface area (Å²) >= 11 is 1.54. The first-order valence-electron chi connectivity index (χ1n) is 5.28. The third-order valence-electron chi connectivity index (χ3n) is 2.46. The monoisotopic (exact) mass is 251 g/mol. The lowest BCUT2D eigenvalue weighted by Crippen LogP contribution is -2.27. The second-order valence-corrected chi connectivity index (χ2v) is 4.79. The highest BCUT2D eigenvalue weighted by atomic mass is 32.1. The predicted octanol–water partition coefficient (Wildman–Crippen LogP) is 3.11. The molecule has 1 heterocycles. The molecule has 1 N–H and O–H groups in total. The Bertz CT molecular complexity index is 446. The van der Waals surface area contributed by atoms with E-state index in [0.717, 1.165) is 16.0 Å². The summed E-state index contributed by atoms with van der Waals surface area (Å²) < 4.78 is 0. The molecular formula is C13H17NO2S. The van der Waals surface area contributed by atoms with Crippen LogP contribution in [0.3, 0.4) is 0 Å². The number of likely N-dealkylation sites (N-methyl/N-ethyl adjacent to an activating group) is 1. The third-order valence-corrected chi connectivity index (χ3v) is 3.44. The van der Waals surface area contributed by atoms with Crippen LogP contribution in [-0.4, -0.2) is 30.1 Å². The van der Waals surface area contributed by atoms with Gasteiger partial charge in [0.1, 0.15) is 6.04 Å². The minimum atomic E-state index is -0.845. The molecule has 1 unspecified atom stereocenters. The van der Waals surface area contributed by atoms with Gasteiger partial charge >= 0.3 is 5.97 Å². The van der Waals surface area contributed by atoms with E-state index in [1.807, 2.05) is 24.5 Å². The lowest BCUT2D eigenvalue weighted by molar-refractivity contribution is -0.142. The van der Waals surface area contributed by atoms with Crippen LogP contribution in [0.1, 0.15) is 29.0 Å². The third kappa shape index (κ3) is 2.84. The summed E-state index contributed by atoms with van der Waals surface area (Å²) in [4.78, 5) is 14.0. The van der Waals surface area contributed by atoms with Crippen LogP contribution in [-0.2, 0) is 4.79 Å². The van der Waals surface area contributed by atoms with E-state index in [0.29, 0.717) is 0 Å². The fraction of sp³-hybridized carbons (Fsp3) is 0.308. The second-order valence-electron chi connectivity index (χ2n) is 3.88. The van der Waals surface area contributed by atoms with E-state index in [-0.39, 0.29) is 0 Å². The fourth-order valence-corrected chi connectivity index (χ4v) is 2.79. The SMILES string of the molecule is C=Cc1c(C(C(=O)O)N(C)C)csc1C=CC. The van der Waals surface area contributed by atoms with Gasteiger partial charge in [-0.25, -0.2) is 0 Å². The molecule has 0 spiro atoms. The van der Waals surface area contributed by atoms with E-state index in [9.17, 15) is 9.90 Å². The molecule has 0 radical (unpaired) electrons. The lowest BCUT2D eigenvalue weighted by Gasteiger charge is -2.20. The molecule has 0 aliphatic rings. The van der Waals surface area contributed by atoms with Gasteiger partial charge in [0.15, 0.2) is 0 Å². The number of rotatable bonds is 5. The molecule has 92 valence electrons. The van der Waals surface area contributed by atoms with Crippen LogP contribution >= 0.6 is 11.3 Å². The maximum absolute atomic E-state index is 11.3. The Kier molecular flexibility index (Phi) is 4.66. The zero-order valence-corrected chi connectivity index (χ0v) is 11.1. The smallest absolute Gasteiger partial charge is 0.325 e. The van der Waals surface area contributed by atoms with Gasteiger partial charge in [0.25, 0.3) is 0 Å². The predicted molar refractivity (Wildman–Crippen MR) is 73.2 cm³/mol.